The second kappa shape index (κ2) is 11.5. The van der Waals surface area contributed by atoms with E-state index in [4.69, 9.17) is 9.15 Å². The van der Waals surface area contributed by atoms with Crippen LogP contribution in [0, 0.1) is 6.92 Å². The van der Waals surface area contributed by atoms with E-state index in [1.807, 2.05) is 60.7 Å². The second-order valence-electron chi connectivity index (χ2n) is 9.81. The van der Waals surface area contributed by atoms with Gasteiger partial charge in [-0.05, 0) is 71.8 Å². The number of aryl methyl sites for hydroxylation is 1. The molecule has 1 heterocycles. The summed E-state index contributed by atoms with van der Waals surface area (Å²) >= 11 is 1.73. The van der Waals surface area contributed by atoms with Gasteiger partial charge in [-0.1, -0.05) is 69.3 Å². The maximum atomic E-state index is 12.7. The number of benzene rings is 3. The minimum Gasteiger partial charge on any atom is -0.457 e. The zero-order chi connectivity index (χ0) is 25.5. The van der Waals surface area contributed by atoms with Crippen molar-refractivity contribution in [1.29, 1.82) is 0 Å². The van der Waals surface area contributed by atoms with Crippen molar-refractivity contribution in [3.63, 3.8) is 0 Å². The average molecular weight is 500 g/mol. The molecule has 0 aliphatic heterocycles. The predicted molar refractivity (Wildman–Crippen MR) is 147 cm³/mol. The van der Waals surface area contributed by atoms with E-state index in [0.29, 0.717) is 24.5 Å². The van der Waals surface area contributed by atoms with Gasteiger partial charge in [-0.2, -0.15) is 0 Å². The lowest BCUT2D eigenvalue weighted by Crippen LogP contribution is -2.25. The van der Waals surface area contributed by atoms with Crippen molar-refractivity contribution in [3.8, 4) is 11.5 Å². The van der Waals surface area contributed by atoms with Crippen LogP contribution in [0.5, 0.6) is 11.5 Å². The van der Waals surface area contributed by atoms with Crippen molar-refractivity contribution in [2.24, 2.45) is 0 Å². The molecule has 3 aromatic carbocycles. The third-order valence-electron chi connectivity index (χ3n) is 5.93. The first-order valence-corrected chi connectivity index (χ1v) is 13.2. The Balaban J connectivity index is 1.31. The van der Waals surface area contributed by atoms with E-state index in [1.54, 1.807) is 17.8 Å². The zero-order valence-corrected chi connectivity index (χ0v) is 22.2. The molecule has 0 unspecified atom stereocenters. The summed E-state index contributed by atoms with van der Waals surface area (Å²) in [6.07, 6.45) is 0.654. The minimum atomic E-state index is -0.210. The van der Waals surface area contributed by atoms with Crippen LogP contribution >= 0.6 is 11.8 Å². The first kappa shape index (κ1) is 25.6. The molecule has 1 amide bonds. The summed E-state index contributed by atoms with van der Waals surface area (Å²) in [6.45, 7) is 9.27. The van der Waals surface area contributed by atoms with E-state index in [2.05, 4.69) is 51.2 Å². The first-order valence-electron chi connectivity index (χ1n) is 12.2. The van der Waals surface area contributed by atoms with Crippen molar-refractivity contribution < 1.29 is 13.9 Å². The minimum absolute atomic E-state index is 0.104. The van der Waals surface area contributed by atoms with Crippen molar-refractivity contribution in [2.75, 3.05) is 6.54 Å². The second-order valence-corrected chi connectivity index (χ2v) is 10.8. The number of hydrogen-bond donors (Lipinski definition) is 1. The topological polar surface area (TPSA) is 51.5 Å². The summed E-state index contributed by atoms with van der Waals surface area (Å²) in [5.74, 6) is 3.16. The van der Waals surface area contributed by atoms with Gasteiger partial charge in [-0.15, -0.1) is 11.8 Å². The van der Waals surface area contributed by atoms with Crippen molar-refractivity contribution in [3.05, 3.63) is 113 Å². The number of carbonyl (C=O) groups excluding carboxylic acids is 1. The van der Waals surface area contributed by atoms with Crippen LogP contribution in [-0.2, 0) is 17.6 Å². The molecule has 36 heavy (non-hydrogen) atoms. The molecule has 0 radical (unpaired) electrons. The number of furan rings is 1. The van der Waals surface area contributed by atoms with Crippen LogP contribution in [0.3, 0.4) is 0 Å². The Labute approximate surface area is 218 Å². The van der Waals surface area contributed by atoms with E-state index in [-0.39, 0.29) is 11.3 Å². The number of rotatable bonds is 9. The molecular formula is C31H33NO3S. The third kappa shape index (κ3) is 6.82. The van der Waals surface area contributed by atoms with Gasteiger partial charge in [0.15, 0.2) is 5.76 Å². The van der Waals surface area contributed by atoms with Gasteiger partial charge in [0.25, 0.3) is 5.91 Å². The van der Waals surface area contributed by atoms with Crippen molar-refractivity contribution >= 4 is 17.7 Å². The number of thioether (sulfide) groups is 1. The summed E-state index contributed by atoms with van der Waals surface area (Å²) in [7, 11) is 0. The molecule has 0 atom stereocenters. The fourth-order valence-corrected chi connectivity index (χ4v) is 4.73. The molecular weight excluding hydrogens is 466 g/mol. The predicted octanol–water partition coefficient (Wildman–Crippen LogP) is 7.94. The Hall–Kier alpha value is -3.44. The molecule has 0 saturated carbocycles. The molecule has 4 rings (SSSR count). The van der Waals surface area contributed by atoms with Crippen LogP contribution in [0.2, 0.25) is 0 Å². The van der Waals surface area contributed by atoms with Crippen molar-refractivity contribution in [1.82, 2.24) is 5.32 Å². The maximum absolute atomic E-state index is 12.7. The normalized spacial score (nSPS) is 11.3. The average Bonchev–Trinajstić information content (AvgIpc) is 3.34. The Morgan fingerprint density at radius 3 is 2.47 bits per heavy atom. The SMILES string of the molecule is Cc1ccc(C(C)(C)C)cc1SCc1ccc(C(=O)NCCc2ccccc2Oc2ccccc2)o1. The molecule has 4 aromatic rings. The summed E-state index contributed by atoms with van der Waals surface area (Å²) in [6, 6.07) is 27.8. The lowest BCUT2D eigenvalue weighted by Gasteiger charge is -2.20. The monoisotopic (exact) mass is 499 g/mol. The molecule has 0 aliphatic carbocycles. The largest absolute Gasteiger partial charge is 0.457 e. The number of para-hydroxylation sites is 2. The van der Waals surface area contributed by atoms with Gasteiger partial charge in [0.05, 0.1) is 5.75 Å². The summed E-state index contributed by atoms with van der Waals surface area (Å²) < 4.78 is 11.9. The zero-order valence-electron chi connectivity index (χ0n) is 21.3. The van der Waals surface area contributed by atoms with Gasteiger partial charge < -0.3 is 14.5 Å². The summed E-state index contributed by atoms with van der Waals surface area (Å²) in [4.78, 5) is 13.9. The van der Waals surface area contributed by atoms with E-state index < -0.39 is 0 Å². The highest BCUT2D eigenvalue weighted by Gasteiger charge is 2.16. The molecule has 0 spiro atoms. The summed E-state index contributed by atoms with van der Waals surface area (Å²) in [5, 5.41) is 2.96. The number of carbonyl (C=O) groups is 1. The highest BCUT2D eigenvalue weighted by atomic mass is 32.2. The van der Waals surface area contributed by atoms with Gasteiger partial charge in [-0.3, -0.25) is 4.79 Å². The smallest absolute Gasteiger partial charge is 0.287 e. The number of hydrogen-bond acceptors (Lipinski definition) is 4. The fraction of sp³-hybridized carbons (Fsp3) is 0.258. The Bertz CT molecular complexity index is 1300. The number of nitrogens with one attached hydrogen (secondary N) is 1. The van der Waals surface area contributed by atoms with Crippen LogP contribution in [0.25, 0.3) is 0 Å². The number of amides is 1. The quantitative estimate of drug-likeness (QED) is 0.238. The number of ether oxygens (including phenoxy) is 1. The molecule has 5 heteroatoms. The van der Waals surface area contributed by atoms with Crippen molar-refractivity contribution in [2.45, 2.75) is 50.2 Å². The fourth-order valence-electron chi connectivity index (χ4n) is 3.77. The molecule has 0 bridgehead atoms. The van der Waals surface area contributed by atoms with E-state index >= 15 is 0 Å². The Morgan fingerprint density at radius 2 is 1.69 bits per heavy atom. The van der Waals surface area contributed by atoms with Gasteiger partial charge in [0.2, 0.25) is 0 Å². The Morgan fingerprint density at radius 1 is 0.944 bits per heavy atom. The van der Waals surface area contributed by atoms with E-state index in [9.17, 15) is 4.79 Å². The standard InChI is InChI=1S/C31H33NO3S/c1-22-14-15-24(31(2,3)4)20-29(22)36-21-26-16-17-28(35-26)30(33)32-19-18-23-10-8-9-13-27(23)34-25-11-6-5-7-12-25/h5-17,20H,18-19,21H2,1-4H3,(H,32,33). The highest BCUT2D eigenvalue weighted by Crippen LogP contribution is 2.32. The molecule has 0 saturated heterocycles. The van der Waals surface area contributed by atoms with Crippen LogP contribution in [0.4, 0.5) is 0 Å². The lowest BCUT2D eigenvalue weighted by atomic mass is 9.87. The van der Waals surface area contributed by atoms with Crippen LogP contribution in [-0.4, -0.2) is 12.5 Å². The molecule has 1 N–H and O–H groups in total. The van der Waals surface area contributed by atoms with Gasteiger partial charge in [-0.25, -0.2) is 0 Å². The maximum Gasteiger partial charge on any atom is 0.287 e. The van der Waals surface area contributed by atoms with E-state index in [1.165, 1.54) is 16.0 Å². The third-order valence-corrected chi connectivity index (χ3v) is 7.11. The lowest BCUT2D eigenvalue weighted by molar-refractivity contribution is 0.0925. The highest BCUT2D eigenvalue weighted by molar-refractivity contribution is 7.98. The molecule has 0 fully saturated rings. The van der Waals surface area contributed by atoms with Gasteiger partial charge >= 0.3 is 0 Å². The Kier molecular flexibility index (Phi) is 8.21. The van der Waals surface area contributed by atoms with Crippen LogP contribution in [0.1, 0.15) is 53.8 Å². The molecule has 1 aromatic heterocycles. The van der Waals surface area contributed by atoms with Crippen LogP contribution < -0.4 is 10.1 Å². The molecule has 4 nitrogen and oxygen atoms in total. The molecule has 0 aliphatic rings. The molecule has 186 valence electrons. The van der Waals surface area contributed by atoms with Gasteiger partial charge in [0.1, 0.15) is 17.3 Å². The van der Waals surface area contributed by atoms with E-state index in [0.717, 1.165) is 22.8 Å². The first-order chi connectivity index (χ1) is 17.3. The summed E-state index contributed by atoms with van der Waals surface area (Å²) in [5.41, 5.74) is 3.69. The van der Waals surface area contributed by atoms with Gasteiger partial charge in [0, 0.05) is 11.4 Å². The van der Waals surface area contributed by atoms with Crippen LogP contribution in [0.15, 0.2) is 94.2 Å².